The number of halogens is 2. The smallest absolute Gasteiger partial charge is 0.329 e. The van der Waals surface area contributed by atoms with Crippen molar-refractivity contribution in [3.63, 3.8) is 0 Å². The van der Waals surface area contributed by atoms with E-state index >= 15 is 0 Å². The highest BCUT2D eigenvalue weighted by Gasteiger charge is 2.66. The van der Waals surface area contributed by atoms with E-state index in [1.807, 2.05) is 0 Å². The third-order valence-corrected chi connectivity index (χ3v) is 6.20. The average molecular weight is 448 g/mol. The Hall–Kier alpha value is -2.82. The molecule has 156 valence electrons. The van der Waals surface area contributed by atoms with Gasteiger partial charge in [0, 0.05) is 17.7 Å². The number of hydrogen-bond donors (Lipinski definition) is 1. The Kier molecular flexibility index (Phi) is 5.93. The van der Waals surface area contributed by atoms with Gasteiger partial charge in [-0.25, -0.2) is 0 Å². The molecular weight excluding hydrogens is 429 g/mol. The molecule has 1 fully saturated rings. The summed E-state index contributed by atoms with van der Waals surface area (Å²) in [5, 5.41) is 10.8. The minimum absolute atomic E-state index is 0.0442. The summed E-state index contributed by atoms with van der Waals surface area (Å²) < 4.78 is 5.26. The summed E-state index contributed by atoms with van der Waals surface area (Å²) in [5.41, 5.74) is 4.68. The van der Waals surface area contributed by atoms with Crippen molar-refractivity contribution >= 4 is 40.9 Å². The first-order chi connectivity index (χ1) is 14.2. The molecule has 0 saturated carbocycles. The Labute approximate surface area is 183 Å². The van der Waals surface area contributed by atoms with Crippen LogP contribution in [0.25, 0.3) is 0 Å². The van der Waals surface area contributed by atoms with E-state index in [0.717, 1.165) is 0 Å². The summed E-state index contributed by atoms with van der Waals surface area (Å²) >= 11 is 12.2. The van der Waals surface area contributed by atoms with Gasteiger partial charge in [0.15, 0.2) is 11.2 Å². The van der Waals surface area contributed by atoms with Crippen molar-refractivity contribution in [2.45, 2.75) is 31.8 Å². The molecule has 1 saturated heterocycles. The van der Waals surface area contributed by atoms with Crippen molar-refractivity contribution in [2.24, 2.45) is 11.1 Å². The summed E-state index contributed by atoms with van der Waals surface area (Å²) in [7, 11) is 0. The number of nitrogens with two attached hydrogens (primary N) is 1. The largest absolute Gasteiger partial charge is 0.465 e. The van der Waals surface area contributed by atoms with Crippen LogP contribution in [0.1, 0.15) is 25.3 Å². The van der Waals surface area contributed by atoms with Gasteiger partial charge < -0.3 is 15.4 Å². The third-order valence-electron chi connectivity index (χ3n) is 5.46. The van der Waals surface area contributed by atoms with Crippen LogP contribution in [-0.4, -0.2) is 41.3 Å². The lowest BCUT2D eigenvalue weighted by Crippen LogP contribution is -2.45. The highest BCUT2D eigenvalue weighted by molar-refractivity contribution is 6.42. The van der Waals surface area contributed by atoms with Crippen LogP contribution in [0.4, 0.5) is 0 Å². The third kappa shape index (κ3) is 3.26. The van der Waals surface area contributed by atoms with Crippen LogP contribution in [0.5, 0.6) is 0 Å². The van der Waals surface area contributed by atoms with Crippen molar-refractivity contribution in [1.29, 1.82) is 5.26 Å². The van der Waals surface area contributed by atoms with Crippen LogP contribution in [0.15, 0.2) is 42.1 Å². The van der Waals surface area contributed by atoms with Crippen molar-refractivity contribution in [3.8, 4) is 6.07 Å². The van der Waals surface area contributed by atoms with Crippen LogP contribution in [0.3, 0.4) is 0 Å². The number of esters is 1. The van der Waals surface area contributed by atoms with Gasteiger partial charge in [0.1, 0.15) is 6.04 Å². The predicted molar refractivity (Wildman–Crippen MR) is 110 cm³/mol. The molecule has 1 aromatic carbocycles. The summed E-state index contributed by atoms with van der Waals surface area (Å²) in [4.78, 5) is 39.1. The zero-order chi connectivity index (χ0) is 22.2. The highest BCUT2D eigenvalue weighted by atomic mass is 35.5. The molecule has 0 aliphatic carbocycles. The summed E-state index contributed by atoms with van der Waals surface area (Å²) in [5.74, 6) is -2.78. The van der Waals surface area contributed by atoms with E-state index in [-0.39, 0.29) is 22.4 Å². The standard InChI is InChI=1S/C21H19Cl2N3O4/c1-3-30-20(29)21(10-24)16-7-5-13(11(2)27)9-26(16)18(19(25)28)17(21)12-4-6-14(22)15(23)8-12/h4-9,16-18H,3H2,1-2H3,(H2,25,28)/t16-,17-,18+,21+/m1/s1. The van der Waals surface area contributed by atoms with Gasteiger partial charge in [0.05, 0.1) is 28.8 Å². The fourth-order valence-electron chi connectivity index (χ4n) is 4.17. The fraction of sp³-hybridized carbons (Fsp3) is 0.333. The molecule has 2 aliphatic rings. The number of carbonyl (C=O) groups excluding carboxylic acids is 3. The van der Waals surface area contributed by atoms with Crippen molar-refractivity contribution in [2.75, 3.05) is 6.61 Å². The van der Waals surface area contributed by atoms with Gasteiger partial charge in [-0.1, -0.05) is 41.4 Å². The summed E-state index contributed by atoms with van der Waals surface area (Å²) in [6.07, 6.45) is 4.56. The Balaban J connectivity index is 2.31. The zero-order valence-electron chi connectivity index (χ0n) is 16.3. The van der Waals surface area contributed by atoms with Gasteiger partial charge in [-0.3, -0.25) is 14.4 Å². The van der Waals surface area contributed by atoms with Crippen LogP contribution >= 0.6 is 23.2 Å². The molecule has 2 N–H and O–H groups in total. The maximum absolute atomic E-state index is 13.2. The monoisotopic (exact) mass is 447 g/mol. The molecule has 3 rings (SSSR count). The number of benzene rings is 1. The number of nitrogens with zero attached hydrogens (tertiary/aromatic N) is 2. The van der Waals surface area contributed by atoms with Gasteiger partial charge in [-0.2, -0.15) is 5.26 Å². The first-order valence-electron chi connectivity index (χ1n) is 9.20. The van der Waals surface area contributed by atoms with Crippen molar-refractivity contribution in [3.05, 3.63) is 57.7 Å². The Morgan fingerprint density at radius 2 is 2.00 bits per heavy atom. The van der Waals surface area contributed by atoms with E-state index < -0.39 is 35.3 Å². The zero-order valence-corrected chi connectivity index (χ0v) is 17.8. The summed E-state index contributed by atoms with van der Waals surface area (Å²) in [6, 6.07) is 4.76. The lowest BCUT2D eigenvalue weighted by Gasteiger charge is -2.32. The van der Waals surface area contributed by atoms with Gasteiger partial charge in [0.25, 0.3) is 0 Å². The fourth-order valence-corrected chi connectivity index (χ4v) is 4.48. The van der Waals surface area contributed by atoms with Crippen LogP contribution in [0, 0.1) is 16.7 Å². The average Bonchev–Trinajstić information content (AvgIpc) is 3.01. The SMILES string of the molecule is CCOC(=O)[C@]1(C#N)[C@H](c2ccc(Cl)c(Cl)c2)[C@@H](C(N)=O)N2C=C(C(C)=O)C=C[C@@H]21. The minimum atomic E-state index is -1.80. The first kappa shape index (κ1) is 21.9. The Bertz CT molecular complexity index is 1030. The van der Waals surface area contributed by atoms with Gasteiger partial charge in [-0.05, 0) is 31.5 Å². The number of Topliss-reactive ketones (excluding diaryl/α,β-unsaturated/α-hetero) is 1. The number of ether oxygens (including phenoxy) is 1. The second-order valence-electron chi connectivity index (χ2n) is 7.09. The second-order valence-corrected chi connectivity index (χ2v) is 7.91. The number of primary amides is 1. The van der Waals surface area contributed by atoms with Crippen LogP contribution in [-0.2, 0) is 19.1 Å². The molecule has 1 amide bonds. The maximum atomic E-state index is 13.2. The van der Waals surface area contributed by atoms with E-state index in [1.165, 1.54) is 36.2 Å². The second kappa shape index (κ2) is 8.13. The maximum Gasteiger partial charge on any atom is 0.329 e. The number of ketones is 1. The van der Waals surface area contributed by atoms with E-state index in [4.69, 9.17) is 33.7 Å². The summed E-state index contributed by atoms with van der Waals surface area (Å²) in [6.45, 7) is 3.05. The number of nitriles is 1. The van der Waals surface area contributed by atoms with Crippen molar-refractivity contribution < 1.29 is 19.1 Å². The Morgan fingerprint density at radius 3 is 2.53 bits per heavy atom. The molecule has 0 radical (unpaired) electrons. The molecular formula is C21H19Cl2N3O4. The van der Waals surface area contributed by atoms with Crippen LogP contribution < -0.4 is 5.73 Å². The molecule has 0 unspecified atom stereocenters. The molecule has 0 bridgehead atoms. The van der Waals surface area contributed by atoms with Gasteiger partial charge in [0.2, 0.25) is 5.91 Å². The number of carbonyl (C=O) groups is 3. The predicted octanol–water partition coefficient (Wildman–Crippen LogP) is 2.73. The molecule has 1 aromatic rings. The minimum Gasteiger partial charge on any atom is -0.465 e. The molecule has 2 aliphatic heterocycles. The van der Waals surface area contributed by atoms with Crippen molar-refractivity contribution in [1.82, 2.24) is 4.90 Å². The number of amides is 1. The molecule has 0 spiro atoms. The molecule has 4 atom stereocenters. The highest BCUT2D eigenvalue weighted by Crippen LogP contribution is 2.54. The number of rotatable bonds is 5. The van der Waals surface area contributed by atoms with Crippen LogP contribution in [0.2, 0.25) is 10.0 Å². The number of fused-ring (bicyclic) bond motifs is 1. The molecule has 0 aromatic heterocycles. The van der Waals surface area contributed by atoms with Gasteiger partial charge in [-0.15, -0.1) is 0 Å². The molecule has 2 heterocycles. The number of hydrogen-bond acceptors (Lipinski definition) is 6. The normalized spacial score (nSPS) is 27.1. The first-order valence-corrected chi connectivity index (χ1v) is 9.95. The topological polar surface area (TPSA) is 113 Å². The molecule has 7 nitrogen and oxygen atoms in total. The quantitative estimate of drug-likeness (QED) is 0.693. The molecule has 9 heteroatoms. The van der Waals surface area contributed by atoms with E-state index in [2.05, 4.69) is 6.07 Å². The lowest BCUT2D eigenvalue weighted by molar-refractivity contribution is -0.153. The molecule has 30 heavy (non-hydrogen) atoms. The van der Waals surface area contributed by atoms with Gasteiger partial charge >= 0.3 is 5.97 Å². The van der Waals surface area contributed by atoms with E-state index in [0.29, 0.717) is 11.1 Å². The number of allylic oxidation sites excluding steroid dienone is 2. The lowest BCUT2D eigenvalue weighted by atomic mass is 9.68. The Morgan fingerprint density at radius 1 is 1.30 bits per heavy atom. The van der Waals surface area contributed by atoms with E-state index in [1.54, 1.807) is 19.1 Å². The van der Waals surface area contributed by atoms with E-state index in [9.17, 15) is 19.6 Å².